The number of nitrogens with zero attached hydrogens (tertiary/aromatic N) is 2. The van der Waals surface area contributed by atoms with Crippen LogP contribution in [0.2, 0.25) is 0 Å². The van der Waals surface area contributed by atoms with Crippen LogP contribution in [0, 0.1) is 6.92 Å². The molecule has 1 N–H and O–H groups in total. The maximum Gasteiger partial charge on any atom is 0.248 e. The molecular formula is C24H29Cl2N3O2. The lowest BCUT2D eigenvalue weighted by molar-refractivity contribution is 0.0894. The zero-order valence-electron chi connectivity index (χ0n) is 17.7. The Balaban J connectivity index is 0.00000136. The Morgan fingerprint density at radius 2 is 1.71 bits per heavy atom. The van der Waals surface area contributed by atoms with E-state index in [1.54, 1.807) is 6.07 Å². The summed E-state index contributed by atoms with van der Waals surface area (Å²) in [7, 11) is 0. The summed E-state index contributed by atoms with van der Waals surface area (Å²) in [6, 6.07) is 16.4. The molecule has 2 aliphatic heterocycles. The summed E-state index contributed by atoms with van der Waals surface area (Å²) >= 11 is 0. The molecule has 1 fully saturated rings. The molecule has 5 nitrogen and oxygen atoms in total. The second-order valence-corrected chi connectivity index (χ2v) is 8.30. The molecule has 1 atom stereocenters. The number of benzene rings is 2. The van der Waals surface area contributed by atoms with Gasteiger partial charge in [0.1, 0.15) is 11.9 Å². The van der Waals surface area contributed by atoms with Gasteiger partial charge < -0.3 is 9.72 Å². The van der Waals surface area contributed by atoms with Crippen molar-refractivity contribution in [2.75, 3.05) is 32.7 Å². The highest BCUT2D eigenvalue weighted by Crippen LogP contribution is 2.37. The van der Waals surface area contributed by atoms with Crippen molar-refractivity contribution >= 4 is 35.7 Å². The van der Waals surface area contributed by atoms with Crippen molar-refractivity contribution in [3.63, 3.8) is 0 Å². The van der Waals surface area contributed by atoms with Crippen molar-refractivity contribution in [2.45, 2.75) is 26.0 Å². The Labute approximate surface area is 195 Å². The fraction of sp³-hybridized carbons (Fsp3) is 0.375. The molecule has 2 aromatic carbocycles. The number of nitrogens with one attached hydrogen (secondary N) is 1. The van der Waals surface area contributed by atoms with Gasteiger partial charge in [-0.25, -0.2) is 0 Å². The van der Waals surface area contributed by atoms with E-state index < -0.39 is 0 Å². The SMILES string of the molecule is Cc1cc2c(c3ccc(=O)[nH]c13)OC(CN1CCN(Cc3ccccc3)CC1)C2.Cl.Cl. The van der Waals surface area contributed by atoms with Crippen LogP contribution >= 0.6 is 24.8 Å². The zero-order chi connectivity index (χ0) is 19.8. The Hall–Kier alpha value is -2.05. The van der Waals surface area contributed by atoms with Crippen molar-refractivity contribution < 1.29 is 4.74 Å². The van der Waals surface area contributed by atoms with E-state index in [1.165, 1.54) is 11.1 Å². The fourth-order valence-corrected chi connectivity index (χ4v) is 4.65. The van der Waals surface area contributed by atoms with Crippen LogP contribution < -0.4 is 10.3 Å². The van der Waals surface area contributed by atoms with Gasteiger partial charge in [0.15, 0.2) is 0 Å². The normalized spacial score (nSPS) is 18.7. The smallest absolute Gasteiger partial charge is 0.248 e. The molecule has 166 valence electrons. The van der Waals surface area contributed by atoms with Crippen molar-refractivity contribution in [1.29, 1.82) is 0 Å². The maximum absolute atomic E-state index is 11.7. The van der Waals surface area contributed by atoms with Gasteiger partial charge in [0, 0.05) is 57.1 Å². The summed E-state index contributed by atoms with van der Waals surface area (Å²) in [5, 5.41) is 1.02. The average Bonchev–Trinajstić information content (AvgIpc) is 3.12. The van der Waals surface area contributed by atoms with E-state index in [-0.39, 0.29) is 36.5 Å². The topological polar surface area (TPSA) is 48.6 Å². The molecule has 2 aliphatic rings. The molecule has 7 heteroatoms. The molecule has 0 saturated carbocycles. The first-order valence-electron chi connectivity index (χ1n) is 10.5. The number of aromatic amines is 1. The predicted molar refractivity (Wildman–Crippen MR) is 130 cm³/mol. The molecule has 1 unspecified atom stereocenters. The largest absolute Gasteiger partial charge is 0.488 e. The first kappa shape index (κ1) is 23.6. The van der Waals surface area contributed by atoms with Gasteiger partial charge in [-0.15, -0.1) is 24.8 Å². The quantitative estimate of drug-likeness (QED) is 0.641. The maximum atomic E-state index is 11.7. The van der Waals surface area contributed by atoms with Crippen LogP contribution in [0.25, 0.3) is 10.9 Å². The minimum Gasteiger partial charge on any atom is -0.488 e. The first-order valence-corrected chi connectivity index (χ1v) is 10.5. The van der Waals surface area contributed by atoms with Crippen molar-refractivity contribution in [3.05, 3.63) is 75.6 Å². The second kappa shape index (κ2) is 10.0. The molecule has 31 heavy (non-hydrogen) atoms. The van der Waals surface area contributed by atoms with E-state index >= 15 is 0 Å². The van der Waals surface area contributed by atoms with E-state index in [4.69, 9.17) is 4.74 Å². The third kappa shape index (κ3) is 5.07. The molecule has 1 saturated heterocycles. The molecule has 0 aliphatic carbocycles. The van der Waals surface area contributed by atoms with Crippen molar-refractivity contribution in [2.24, 2.45) is 0 Å². The van der Waals surface area contributed by atoms with E-state index in [2.05, 4.69) is 58.1 Å². The monoisotopic (exact) mass is 461 g/mol. The van der Waals surface area contributed by atoms with E-state index in [0.29, 0.717) is 0 Å². The number of hydrogen-bond acceptors (Lipinski definition) is 4. The summed E-state index contributed by atoms with van der Waals surface area (Å²) in [6.07, 6.45) is 1.12. The second-order valence-electron chi connectivity index (χ2n) is 8.30. The number of aryl methyl sites for hydroxylation is 1. The summed E-state index contributed by atoms with van der Waals surface area (Å²) in [4.78, 5) is 19.7. The number of hydrogen-bond donors (Lipinski definition) is 1. The molecule has 3 heterocycles. The highest BCUT2D eigenvalue weighted by molar-refractivity contribution is 5.89. The highest BCUT2D eigenvalue weighted by Gasteiger charge is 2.28. The zero-order valence-corrected chi connectivity index (χ0v) is 19.3. The number of rotatable bonds is 4. The lowest BCUT2D eigenvalue weighted by Gasteiger charge is -2.35. The summed E-state index contributed by atoms with van der Waals surface area (Å²) in [6.45, 7) is 8.39. The van der Waals surface area contributed by atoms with Gasteiger partial charge in [-0.05, 0) is 29.7 Å². The first-order chi connectivity index (χ1) is 14.2. The molecule has 0 amide bonds. The fourth-order valence-electron chi connectivity index (χ4n) is 4.65. The van der Waals surface area contributed by atoms with Crippen LogP contribution in [-0.2, 0) is 13.0 Å². The Morgan fingerprint density at radius 3 is 2.45 bits per heavy atom. The van der Waals surface area contributed by atoms with Gasteiger partial charge in [0.2, 0.25) is 5.56 Å². The third-order valence-corrected chi connectivity index (χ3v) is 6.15. The molecular weight excluding hydrogens is 433 g/mol. The molecule has 0 bridgehead atoms. The van der Waals surface area contributed by atoms with Gasteiger partial charge in [-0.2, -0.15) is 0 Å². The molecule has 0 spiro atoms. The number of aromatic nitrogens is 1. The lowest BCUT2D eigenvalue weighted by Crippen LogP contribution is -2.48. The Kier molecular flexibility index (Phi) is 7.65. The van der Waals surface area contributed by atoms with Gasteiger partial charge in [0.25, 0.3) is 0 Å². The molecule has 0 radical (unpaired) electrons. The van der Waals surface area contributed by atoms with Crippen LogP contribution in [-0.4, -0.2) is 53.6 Å². The number of halogens is 2. The van der Waals surface area contributed by atoms with E-state index in [9.17, 15) is 4.79 Å². The minimum absolute atomic E-state index is 0. The number of fused-ring (bicyclic) bond motifs is 3. The molecule has 3 aromatic rings. The van der Waals surface area contributed by atoms with Crippen LogP contribution in [0.1, 0.15) is 16.7 Å². The number of H-pyrrole nitrogens is 1. The molecule has 1 aromatic heterocycles. The standard InChI is InChI=1S/C24H27N3O2.2ClH/c1-17-13-19-14-20(29-24(19)21-7-8-22(28)25-23(17)21)16-27-11-9-26(10-12-27)15-18-5-3-2-4-6-18;;/h2-8,13,20H,9-12,14-16H2,1H3,(H,25,28);2*1H. The van der Waals surface area contributed by atoms with Crippen LogP contribution in [0.5, 0.6) is 5.75 Å². The van der Waals surface area contributed by atoms with E-state index in [0.717, 1.165) is 67.9 Å². The van der Waals surface area contributed by atoms with Crippen LogP contribution in [0.15, 0.2) is 53.3 Å². The van der Waals surface area contributed by atoms with Crippen LogP contribution in [0.4, 0.5) is 0 Å². The predicted octanol–water partition coefficient (Wildman–Crippen LogP) is 3.80. The van der Waals surface area contributed by atoms with Crippen LogP contribution in [0.3, 0.4) is 0 Å². The van der Waals surface area contributed by atoms with Crippen molar-refractivity contribution in [3.8, 4) is 5.75 Å². The third-order valence-electron chi connectivity index (χ3n) is 6.15. The Bertz CT molecular complexity index is 1080. The van der Waals surface area contributed by atoms with E-state index in [1.807, 2.05) is 6.07 Å². The van der Waals surface area contributed by atoms with Gasteiger partial charge in [-0.1, -0.05) is 36.4 Å². The number of pyridine rings is 1. The van der Waals surface area contributed by atoms with Gasteiger partial charge >= 0.3 is 0 Å². The van der Waals surface area contributed by atoms with Gasteiger partial charge in [-0.3, -0.25) is 14.6 Å². The Morgan fingerprint density at radius 1 is 1.00 bits per heavy atom. The summed E-state index contributed by atoms with van der Waals surface area (Å²) in [5.41, 5.74) is 4.58. The summed E-state index contributed by atoms with van der Waals surface area (Å²) in [5.74, 6) is 0.953. The number of ether oxygens (including phenoxy) is 1. The minimum atomic E-state index is -0.0662. The van der Waals surface area contributed by atoms with Crippen molar-refractivity contribution in [1.82, 2.24) is 14.8 Å². The highest BCUT2D eigenvalue weighted by atomic mass is 35.5. The molecule has 5 rings (SSSR count). The summed E-state index contributed by atoms with van der Waals surface area (Å²) < 4.78 is 6.36. The van der Waals surface area contributed by atoms with Gasteiger partial charge in [0.05, 0.1) is 5.52 Å². The average molecular weight is 462 g/mol. The number of piperazine rings is 1. The lowest BCUT2D eigenvalue weighted by atomic mass is 10.0.